The van der Waals surface area contributed by atoms with Crippen LogP contribution in [0.15, 0.2) is 53.5 Å². The second-order valence-corrected chi connectivity index (χ2v) is 4.84. The fourth-order valence-electron chi connectivity index (χ4n) is 2.42. The summed E-state index contributed by atoms with van der Waals surface area (Å²) in [6.07, 6.45) is 2.06. The second kappa shape index (κ2) is 3.56. The number of rotatable bonds is 1. The van der Waals surface area contributed by atoms with Gasteiger partial charge in [0.25, 0.3) is 0 Å². The van der Waals surface area contributed by atoms with Crippen LogP contribution in [0.2, 0.25) is 0 Å². The van der Waals surface area contributed by atoms with Gasteiger partial charge in [0.1, 0.15) is 0 Å². The van der Waals surface area contributed by atoms with E-state index < -0.39 is 0 Å². The molecule has 1 heteroatoms. The average molecular weight is 221 g/mol. The van der Waals surface area contributed by atoms with Gasteiger partial charge < -0.3 is 0 Å². The average Bonchev–Trinajstić information content (AvgIpc) is 2.70. The quantitative estimate of drug-likeness (QED) is 0.689. The zero-order valence-corrected chi connectivity index (χ0v) is 10.1. The van der Waals surface area contributed by atoms with Gasteiger partial charge >= 0.3 is 0 Å². The van der Waals surface area contributed by atoms with Gasteiger partial charge in [-0.05, 0) is 31.0 Å². The van der Waals surface area contributed by atoms with E-state index in [2.05, 4.69) is 67.5 Å². The summed E-state index contributed by atoms with van der Waals surface area (Å²) in [5.41, 5.74) is 4.90. The minimum atomic E-state index is -0.0791. The maximum Gasteiger partial charge on any atom is 0.0670 e. The van der Waals surface area contributed by atoms with Crippen LogP contribution in [0.1, 0.15) is 23.6 Å². The fourth-order valence-corrected chi connectivity index (χ4v) is 2.42. The van der Waals surface area contributed by atoms with Crippen LogP contribution in [-0.4, -0.2) is 6.21 Å². The molecule has 1 heterocycles. The minimum absolute atomic E-state index is 0.0791. The first-order valence-electron chi connectivity index (χ1n) is 5.92. The third-order valence-electron chi connectivity index (χ3n) is 3.58. The van der Waals surface area contributed by atoms with E-state index in [9.17, 15) is 0 Å². The molecule has 0 bridgehead atoms. The van der Waals surface area contributed by atoms with Crippen molar-refractivity contribution < 1.29 is 0 Å². The summed E-state index contributed by atoms with van der Waals surface area (Å²) in [5.74, 6) is 0. The topological polar surface area (TPSA) is 12.4 Å². The van der Waals surface area contributed by atoms with Gasteiger partial charge in [0, 0.05) is 6.21 Å². The number of hydrogen-bond donors (Lipinski definition) is 0. The van der Waals surface area contributed by atoms with Crippen molar-refractivity contribution in [3.63, 3.8) is 0 Å². The highest BCUT2D eigenvalue weighted by atomic mass is 14.8. The molecule has 84 valence electrons. The van der Waals surface area contributed by atoms with Crippen molar-refractivity contribution >= 4 is 11.9 Å². The molecule has 0 aliphatic carbocycles. The molecule has 0 radical (unpaired) electrons. The zero-order chi connectivity index (χ0) is 11.9. The monoisotopic (exact) mass is 221 g/mol. The fraction of sp³-hybridized carbons (Fsp3) is 0.188. The zero-order valence-electron chi connectivity index (χ0n) is 10.1. The lowest BCUT2D eigenvalue weighted by Crippen LogP contribution is -2.22. The van der Waals surface area contributed by atoms with E-state index in [1.807, 2.05) is 6.07 Å². The van der Waals surface area contributed by atoms with Gasteiger partial charge in [-0.25, -0.2) is 0 Å². The van der Waals surface area contributed by atoms with E-state index >= 15 is 0 Å². The van der Waals surface area contributed by atoms with Crippen molar-refractivity contribution in [2.24, 2.45) is 4.99 Å². The molecule has 0 N–H and O–H groups in total. The molecule has 1 aliphatic heterocycles. The number of benzene rings is 2. The van der Waals surface area contributed by atoms with Crippen LogP contribution in [0.3, 0.4) is 0 Å². The van der Waals surface area contributed by atoms with Crippen LogP contribution in [0.4, 0.5) is 5.69 Å². The van der Waals surface area contributed by atoms with Gasteiger partial charge in [-0.2, -0.15) is 0 Å². The molecule has 17 heavy (non-hydrogen) atoms. The highest BCUT2D eigenvalue weighted by Gasteiger charge is 2.32. The highest BCUT2D eigenvalue weighted by Crippen LogP contribution is 2.40. The summed E-state index contributed by atoms with van der Waals surface area (Å²) in [7, 11) is 0. The summed E-state index contributed by atoms with van der Waals surface area (Å²) in [6, 6.07) is 17.1. The molecular weight excluding hydrogens is 206 g/mol. The van der Waals surface area contributed by atoms with Gasteiger partial charge in [-0.1, -0.05) is 48.0 Å². The summed E-state index contributed by atoms with van der Waals surface area (Å²) in [5, 5.41) is 0. The third kappa shape index (κ3) is 1.50. The van der Waals surface area contributed by atoms with Gasteiger partial charge in [-0.15, -0.1) is 0 Å². The molecule has 1 aliphatic rings. The van der Waals surface area contributed by atoms with E-state index in [1.54, 1.807) is 0 Å². The maximum absolute atomic E-state index is 4.53. The Morgan fingerprint density at radius 2 is 1.65 bits per heavy atom. The number of fused-ring (bicyclic) bond motifs is 1. The smallest absolute Gasteiger partial charge is 0.0670 e. The molecule has 0 saturated heterocycles. The lowest BCUT2D eigenvalue weighted by atomic mass is 9.78. The summed E-state index contributed by atoms with van der Waals surface area (Å²) < 4.78 is 0. The first-order valence-corrected chi connectivity index (χ1v) is 5.92. The molecule has 2 aromatic rings. The minimum Gasteiger partial charge on any atom is -0.260 e. The molecular formula is C16H15N. The molecule has 0 spiro atoms. The Balaban J connectivity index is 2.15. The Morgan fingerprint density at radius 3 is 2.41 bits per heavy atom. The van der Waals surface area contributed by atoms with Crippen LogP contribution in [0.25, 0.3) is 0 Å². The Labute approximate surface area is 102 Å². The summed E-state index contributed by atoms with van der Waals surface area (Å²) in [6.45, 7) is 4.34. The van der Waals surface area contributed by atoms with Crippen molar-refractivity contribution in [2.45, 2.75) is 19.3 Å². The lowest BCUT2D eigenvalue weighted by molar-refractivity contribution is 0.809. The number of hydrogen-bond acceptors (Lipinski definition) is 1. The first kappa shape index (κ1) is 10.3. The van der Waals surface area contributed by atoms with Crippen LogP contribution in [0, 0.1) is 6.92 Å². The molecule has 0 amide bonds. The van der Waals surface area contributed by atoms with E-state index in [1.165, 1.54) is 16.7 Å². The molecule has 3 rings (SSSR count). The Bertz CT molecular complexity index is 581. The Morgan fingerprint density at radius 1 is 0.941 bits per heavy atom. The molecule has 2 aromatic carbocycles. The lowest BCUT2D eigenvalue weighted by Gasteiger charge is -2.23. The van der Waals surface area contributed by atoms with E-state index in [-0.39, 0.29) is 5.41 Å². The van der Waals surface area contributed by atoms with Gasteiger partial charge in [-0.3, -0.25) is 4.99 Å². The number of para-hydroxylation sites is 1. The van der Waals surface area contributed by atoms with E-state index in [0.29, 0.717) is 0 Å². The van der Waals surface area contributed by atoms with Gasteiger partial charge in [0.15, 0.2) is 0 Å². The van der Waals surface area contributed by atoms with Gasteiger partial charge in [0.05, 0.1) is 11.1 Å². The summed E-state index contributed by atoms with van der Waals surface area (Å²) in [4.78, 5) is 4.53. The predicted molar refractivity (Wildman–Crippen MR) is 72.2 cm³/mol. The number of aliphatic imine (C=N–C) groups is 1. The molecule has 0 fully saturated rings. The maximum atomic E-state index is 4.53. The van der Waals surface area contributed by atoms with Crippen LogP contribution < -0.4 is 0 Å². The van der Waals surface area contributed by atoms with E-state index in [0.717, 1.165) is 5.69 Å². The van der Waals surface area contributed by atoms with E-state index in [4.69, 9.17) is 0 Å². The highest BCUT2D eigenvalue weighted by molar-refractivity contribution is 5.88. The third-order valence-corrected chi connectivity index (χ3v) is 3.58. The molecule has 0 saturated carbocycles. The SMILES string of the molecule is Cc1ccc(C2(C)C=Nc3ccccc32)cc1. The normalized spacial score (nSPS) is 21.5. The number of aryl methyl sites for hydroxylation is 1. The van der Waals surface area contributed by atoms with Crippen molar-refractivity contribution in [1.82, 2.24) is 0 Å². The Hall–Kier alpha value is -1.89. The second-order valence-electron chi connectivity index (χ2n) is 4.84. The van der Waals surface area contributed by atoms with Crippen molar-refractivity contribution in [1.29, 1.82) is 0 Å². The van der Waals surface area contributed by atoms with Crippen molar-refractivity contribution in [3.8, 4) is 0 Å². The Kier molecular flexibility index (Phi) is 2.15. The summed E-state index contributed by atoms with van der Waals surface area (Å²) >= 11 is 0. The largest absolute Gasteiger partial charge is 0.260 e. The van der Waals surface area contributed by atoms with Crippen molar-refractivity contribution in [2.75, 3.05) is 0 Å². The predicted octanol–water partition coefficient (Wildman–Crippen LogP) is 4.02. The first-order chi connectivity index (χ1) is 8.20. The van der Waals surface area contributed by atoms with Gasteiger partial charge in [0.2, 0.25) is 0 Å². The molecule has 0 aromatic heterocycles. The van der Waals surface area contributed by atoms with Crippen LogP contribution >= 0.6 is 0 Å². The number of nitrogens with zero attached hydrogens (tertiary/aromatic N) is 1. The standard InChI is InChI=1S/C16H15N/c1-12-7-9-13(10-8-12)16(2)11-17-15-6-4-3-5-14(15)16/h3-11H,1-2H3. The molecule has 1 unspecified atom stereocenters. The molecule has 1 atom stereocenters. The van der Waals surface area contributed by atoms with Crippen LogP contribution in [-0.2, 0) is 5.41 Å². The molecule has 1 nitrogen and oxygen atoms in total. The van der Waals surface area contributed by atoms with Crippen molar-refractivity contribution in [3.05, 3.63) is 65.2 Å². The van der Waals surface area contributed by atoms with Crippen LogP contribution in [0.5, 0.6) is 0 Å².